The van der Waals surface area contributed by atoms with Gasteiger partial charge in [-0.1, -0.05) is 74.9 Å². The second kappa shape index (κ2) is 14.6. The van der Waals surface area contributed by atoms with Crippen LogP contribution >= 0.6 is 0 Å². The molecule has 3 aliphatic rings. The number of amides is 2. The molecule has 0 atom stereocenters. The second-order valence-corrected chi connectivity index (χ2v) is 15.3. The van der Waals surface area contributed by atoms with Crippen molar-refractivity contribution in [2.24, 2.45) is 0 Å². The smallest absolute Gasteiger partial charge is 0.333 e. The van der Waals surface area contributed by atoms with Gasteiger partial charge in [-0.25, -0.2) is 13.2 Å². The molecule has 0 unspecified atom stereocenters. The molecule has 49 heavy (non-hydrogen) atoms. The Labute approximate surface area is 289 Å². The van der Waals surface area contributed by atoms with Crippen molar-refractivity contribution in [3.8, 4) is 0 Å². The highest BCUT2D eigenvalue weighted by atomic mass is 32.2. The number of unbranched alkanes of at least 4 members (excludes halogenated alkanes) is 2. The fourth-order valence-corrected chi connectivity index (χ4v) is 7.52. The van der Waals surface area contributed by atoms with E-state index in [1.165, 1.54) is 5.56 Å². The van der Waals surface area contributed by atoms with Gasteiger partial charge in [0.1, 0.15) is 6.54 Å². The van der Waals surface area contributed by atoms with Crippen molar-refractivity contribution in [3.63, 3.8) is 0 Å². The number of hydrogen-bond donors (Lipinski definition) is 0. The maximum Gasteiger partial charge on any atom is 0.333 e. The zero-order valence-corrected chi connectivity index (χ0v) is 29.5. The number of anilines is 1. The monoisotopic (exact) mass is 687 g/mol. The van der Waals surface area contributed by atoms with Crippen LogP contribution in [0.2, 0.25) is 0 Å². The molecule has 11 heteroatoms. The van der Waals surface area contributed by atoms with Crippen LogP contribution in [-0.2, 0) is 40.2 Å². The molecule has 10 nitrogen and oxygen atoms in total. The van der Waals surface area contributed by atoms with Gasteiger partial charge in [-0.15, -0.1) is 5.06 Å². The highest BCUT2D eigenvalue weighted by molar-refractivity contribution is 7.85. The number of benzene rings is 2. The van der Waals surface area contributed by atoms with Gasteiger partial charge in [-0.05, 0) is 44.4 Å². The van der Waals surface area contributed by atoms with E-state index in [1.54, 1.807) is 0 Å². The van der Waals surface area contributed by atoms with Crippen LogP contribution in [0.15, 0.2) is 84.6 Å². The van der Waals surface area contributed by atoms with Crippen molar-refractivity contribution in [1.29, 1.82) is 0 Å². The number of hydroxylamine groups is 2. The Kier molecular flexibility index (Phi) is 10.7. The van der Waals surface area contributed by atoms with Gasteiger partial charge in [0.05, 0.1) is 15.5 Å². The summed E-state index contributed by atoms with van der Waals surface area (Å²) in [6, 6.07) is 16.5. The summed E-state index contributed by atoms with van der Waals surface area (Å²) < 4.78 is 36.0. The number of hydrogen-bond acceptors (Lipinski definition) is 8. The Morgan fingerprint density at radius 3 is 2.27 bits per heavy atom. The van der Waals surface area contributed by atoms with Crippen LogP contribution in [0.4, 0.5) is 11.4 Å². The number of rotatable bonds is 14. The van der Waals surface area contributed by atoms with Gasteiger partial charge in [0.15, 0.2) is 5.71 Å². The lowest BCUT2D eigenvalue weighted by atomic mass is 9.81. The molecule has 3 aliphatic heterocycles. The lowest BCUT2D eigenvalue weighted by molar-refractivity contribution is -0.437. The maximum absolute atomic E-state index is 12.2. The van der Waals surface area contributed by atoms with Crippen LogP contribution < -0.4 is 4.90 Å². The number of para-hydroxylation sites is 2. The molecule has 260 valence electrons. The molecule has 2 aromatic carbocycles. The van der Waals surface area contributed by atoms with Crippen molar-refractivity contribution in [1.82, 2.24) is 5.06 Å². The maximum atomic E-state index is 12.2. The third-order valence-corrected chi connectivity index (χ3v) is 10.4. The SMILES string of the molecule is CC1(C)C(/C=C/C=C/C=C2/N(CCCCCC(=O)ON3C(=O)CCC3=O)c3ccccc3C2(C)C)=[N+](CCCS(=O)(=O)[O-])c2ccccc21. The first-order valence-electron chi connectivity index (χ1n) is 16.9. The predicted octanol–water partition coefficient (Wildman–Crippen LogP) is 5.96. The van der Waals surface area contributed by atoms with Crippen LogP contribution in [0, 0.1) is 0 Å². The normalized spacial score (nSPS) is 19.2. The van der Waals surface area contributed by atoms with Crippen molar-refractivity contribution < 1.29 is 36.8 Å². The Hall–Kier alpha value is -4.35. The molecule has 2 aromatic rings. The first kappa shape index (κ1) is 35.9. The minimum atomic E-state index is -4.29. The molecule has 0 radical (unpaired) electrons. The third-order valence-electron chi connectivity index (χ3n) is 9.57. The largest absolute Gasteiger partial charge is 0.748 e. The third kappa shape index (κ3) is 7.94. The average Bonchev–Trinajstić information content (AvgIpc) is 3.56. The van der Waals surface area contributed by atoms with Crippen molar-refractivity contribution in [2.75, 3.05) is 23.7 Å². The lowest BCUT2D eigenvalue weighted by Crippen LogP contribution is -2.32. The molecule has 2 amide bonds. The van der Waals surface area contributed by atoms with E-state index in [0.717, 1.165) is 47.7 Å². The minimum Gasteiger partial charge on any atom is -0.748 e. The molecule has 0 bridgehead atoms. The standard InChI is InChI=1S/C38H45N3O7S/c1-37(2)28-16-10-12-18-30(28)39(25-14-6-9-22-36(44)48-41-34(42)23-24-35(41)43)32(37)20-7-5-8-21-33-38(3,4)29-17-11-13-19-31(29)40(33)26-15-27-49(45,46)47/h5,7-8,10-13,16-21H,6,9,14-15,22-27H2,1-4H3. The fraction of sp³-hybridized carbons (Fsp3) is 0.421. The van der Waals surface area contributed by atoms with Gasteiger partial charge < -0.3 is 14.3 Å². The number of nitrogens with zero attached hydrogens (tertiary/aromatic N) is 3. The van der Waals surface area contributed by atoms with E-state index < -0.39 is 33.7 Å². The molecule has 3 heterocycles. The highest BCUT2D eigenvalue weighted by Gasteiger charge is 2.44. The summed E-state index contributed by atoms with van der Waals surface area (Å²) in [5.74, 6) is -1.92. The molecular weight excluding hydrogens is 642 g/mol. The summed E-state index contributed by atoms with van der Waals surface area (Å²) in [6.07, 6.45) is 12.9. The van der Waals surface area contributed by atoms with E-state index in [1.807, 2.05) is 42.5 Å². The zero-order chi connectivity index (χ0) is 35.4. The Bertz CT molecular complexity index is 1840. The first-order chi connectivity index (χ1) is 23.2. The van der Waals surface area contributed by atoms with Crippen LogP contribution in [0.25, 0.3) is 0 Å². The zero-order valence-electron chi connectivity index (χ0n) is 28.7. The predicted molar refractivity (Wildman–Crippen MR) is 187 cm³/mol. The Balaban J connectivity index is 1.27. The molecule has 1 saturated heterocycles. The highest BCUT2D eigenvalue weighted by Crippen LogP contribution is 2.47. The molecular formula is C38H45N3O7S. The molecule has 0 aromatic heterocycles. The van der Waals surface area contributed by atoms with Gasteiger partial charge in [0, 0.05) is 72.5 Å². The molecule has 0 saturated carbocycles. The summed E-state index contributed by atoms with van der Waals surface area (Å²) in [4.78, 5) is 43.0. The van der Waals surface area contributed by atoms with E-state index >= 15 is 0 Å². The van der Waals surface area contributed by atoms with Gasteiger partial charge >= 0.3 is 5.97 Å². The van der Waals surface area contributed by atoms with Crippen molar-refractivity contribution >= 4 is 45.0 Å². The van der Waals surface area contributed by atoms with E-state index in [0.29, 0.717) is 18.0 Å². The van der Waals surface area contributed by atoms with Crippen LogP contribution in [0.3, 0.4) is 0 Å². The van der Waals surface area contributed by atoms with Crippen LogP contribution in [0.1, 0.15) is 83.8 Å². The number of allylic oxidation sites excluding steroid dienone is 6. The van der Waals surface area contributed by atoms with Gasteiger partial charge in [-0.2, -0.15) is 4.58 Å². The molecule has 0 spiro atoms. The van der Waals surface area contributed by atoms with Gasteiger partial charge in [-0.3, -0.25) is 9.59 Å². The van der Waals surface area contributed by atoms with Crippen molar-refractivity contribution in [3.05, 3.63) is 95.7 Å². The summed E-state index contributed by atoms with van der Waals surface area (Å²) in [5, 5.41) is 0.597. The summed E-state index contributed by atoms with van der Waals surface area (Å²) in [6.45, 7) is 9.91. The van der Waals surface area contributed by atoms with E-state index in [-0.39, 0.29) is 36.5 Å². The number of carbonyl (C=O) groups excluding carboxylic acids is 3. The quantitative estimate of drug-likeness (QED) is 0.0783. The molecule has 5 rings (SSSR count). The summed E-state index contributed by atoms with van der Waals surface area (Å²) in [5.41, 5.74) is 6.23. The number of fused-ring (bicyclic) bond motifs is 2. The van der Waals surface area contributed by atoms with E-state index in [4.69, 9.17) is 4.84 Å². The second-order valence-electron chi connectivity index (χ2n) is 13.7. The summed E-state index contributed by atoms with van der Waals surface area (Å²) in [7, 11) is -4.29. The van der Waals surface area contributed by atoms with Crippen LogP contribution in [0.5, 0.6) is 0 Å². The number of imide groups is 1. The number of carbonyl (C=O) groups is 3. The van der Waals surface area contributed by atoms with E-state index in [2.05, 4.69) is 73.6 Å². The lowest BCUT2D eigenvalue weighted by Gasteiger charge is -2.27. The summed E-state index contributed by atoms with van der Waals surface area (Å²) >= 11 is 0. The first-order valence-corrected chi connectivity index (χ1v) is 18.5. The average molecular weight is 688 g/mol. The molecule has 1 fully saturated rings. The Morgan fingerprint density at radius 1 is 0.878 bits per heavy atom. The fourth-order valence-electron chi connectivity index (χ4n) is 7.04. The van der Waals surface area contributed by atoms with E-state index in [9.17, 15) is 27.4 Å². The minimum absolute atomic E-state index is 0.0758. The van der Waals surface area contributed by atoms with Gasteiger partial charge in [0.2, 0.25) is 5.69 Å². The molecule has 0 aliphatic carbocycles. The van der Waals surface area contributed by atoms with Crippen LogP contribution in [-0.4, -0.2) is 64.9 Å². The van der Waals surface area contributed by atoms with Gasteiger partial charge in [0.25, 0.3) is 11.8 Å². The molecule has 0 N–H and O–H groups in total. The Morgan fingerprint density at radius 2 is 1.55 bits per heavy atom. The van der Waals surface area contributed by atoms with Crippen molar-refractivity contribution in [2.45, 2.75) is 83.5 Å². The topological polar surface area (TPSA) is 127 Å².